The molecule has 0 aliphatic heterocycles. The van der Waals surface area contributed by atoms with E-state index in [1.165, 1.54) is 83.5 Å². The first-order valence-corrected chi connectivity index (χ1v) is 14.9. The molecule has 0 radical (unpaired) electrons. The summed E-state index contributed by atoms with van der Waals surface area (Å²) in [5.41, 5.74) is 5.26. The van der Waals surface area contributed by atoms with Crippen LogP contribution in [0.15, 0.2) is 0 Å². The van der Waals surface area contributed by atoms with Crippen molar-refractivity contribution >= 4 is 13.7 Å². The van der Waals surface area contributed by atoms with Crippen LogP contribution in [-0.4, -0.2) is 43.4 Å². The number of nitrogens with two attached hydrogens (primary N) is 1. The predicted octanol–water partition coefficient (Wildman–Crippen LogP) is 5.31. The average Bonchev–Trinajstić information content (AvgIpc) is 2.68. The third kappa shape index (κ3) is 33.7. The Labute approximate surface area is 208 Å². The fourth-order valence-corrected chi connectivity index (χ4v) is 3.84. The van der Waals surface area contributed by atoms with Crippen molar-refractivity contribution in [2.24, 2.45) is 5.73 Å². The number of aliphatic hydroxyl groups is 1. The summed E-state index contributed by atoms with van der Waals surface area (Å²) in [7, 11) is -4.64. The molecule has 0 saturated carbocycles. The minimum atomic E-state index is -4.64. The van der Waals surface area contributed by atoms with Gasteiger partial charge in [-0.1, -0.05) is 96.8 Å². The van der Waals surface area contributed by atoms with Gasteiger partial charge in [-0.05, 0) is 33.6 Å². The molecule has 2 unspecified atom stereocenters. The second kappa shape index (κ2) is 21.8. The number of phosphoric acid groups is 1. The summed E-state index contributed by atoms with van der Waals surface area (Å²) in [6, 6.07) is -0.328. The van der Waals surface area contributed by atoms with E-state index in [-0.39, 0.29) is 18.0 Å². The zero-order valence-corrected chi connectivity index (χ0v) is 23.2. The molecule has 0 aromatic rings. The molecular formula is C25H55N2O6P. The molecule has 0 aromatic heterocycles. The highest BCUT2D eigenvalue weighted by atomic mass is 31.2. The third-order valence-corrected chi connectivity index (χ3v) is 5.77. The van der Waals surface area contributed by atoms with Crippen LogP contribution in [0.25, 0.3) is 0 Å². The number of carbonyl (C=O) groups is 1. The minimum Gasteiger partial charge on any atom is -0.390 e. The van der Waals surface area contributed by atoms with E-state index in [0.29, 0.717) is 12.8 Å². The minimum absolute atomic E-state index is 0.0818. The largest absolute Gasteiger partial charge is 0.466 e. The fourth-order valence-electron chi connectivity index (χ4n) is 3.84. The first kappa shape index (κ1) is 35.7. The monoisotopic (exact) mass is 510 g/mol. The maximum atomic E-state index is 12.0. The van der Waals surface area contributed by atoms with Gasteiger partial charge in [-0.3, -0.25) is 4.79 Å². The molecule has 34 heavy (non-hydrogen) atoms. The number of hydrogen-bond acceptors (Lipinski definition) is 4. The highest BCUT2D eigenvalue weighted by Crippen LogP contribution is 2.25. The molecule has 0 bridgehead atoms. The topological polar surface area (TPSA) is 153 Å². The van der Waals surface area contributed by atoms with Crippen molar-refractivity contribution in [2.45, 2.75) is 155 Å². The molecule has 206 valence electrons. The van der Waals surface area contributed by atoms with E-state index in [9.17, 15) is 9.90 Å². The Kier molecular flexibility index (Phi) is 22.8. The van der Waals surface area contributed by atoms with Crippen LogP contribution in [0.3, 0.4) is 0 Å². The van der Waals surface area contributed by atoms with Gasteiger partial charge in [0.15, 0.2) is 0 Å². The molecule has 0 heterocycles. The van der Waals surface area contributed by atoms with Crippen molar-refractivity contribution in [1.82, 2.24) is 5.32 Å². The van der Waals surface area contributed by atoms with Gasteiger partial charge in [-0.15, -0.1) is 0 Å². The van der Waals surface area contributed by atoms with Crippen LogP contribution in [-0.2, 0) is 9.36 Å². The summed E-state index contributed by atoms with van der Waals surface area (Å²) in [6.45, 7) is 7.69. The molecule has 7 N–H and O–H groups in total. The van der Waals surface area contributed by atoms with E-state index in [1.807, 2.05) is 6.92 Å². The van der Waals surface area contributed by atoms with Crippen LogP contribution in [0.5, 0.6) is 0 Å². The molecule has 1 amide bonds. The zero-order chi connectivity index (χ0) is 26.5. The molecule has 0 fully saturated rings. The summed E-state index contributed by atoms with van der Waals surface area (Å²) in [5.74, 6) is 0.0818. The summed E-state index contributed by atoms with van der Waals surface area (Å²) >= 11 is 0. The van der Waals surface area contributed by atoms with Gasteiger partial charge in [0.05, 0.1) is 5.60 Å². The third-order valence-electron chi connectivity index (χ3n) is 5.77. The van der Waals surface area contributed by atoms with Gasteiger partial charge in [-0.25, -0.2) is 4.57 Å². The van der Waals surface area contributed by atoms with E-state index in [4.69, 9.17) is 25.0 Å². The first-order chi connectivity index (χ1) is 15.8. The second-order valence-corrected chi connectivity index (χ2v) is 11.3. The predicted molar refractivity (Wildman–Crippen MR) is 140 cm³/mol. The van der Waals surface area contributed by atoms with Gasteiger partial charge in [0.25, 0.3) is 0 Å². The second-order valence-electron chi connectivity index (χ2n) is 10.2. The van der Waals surface area contributed by atoms with Crippen molar-refractivity contribution in [2.75, 3.05) is 0 Å². The number of carbonyl (C=O) groups excluding carboxylic acids is 1. The number of rotatable bonds is 20. The summed E-state index contributed by atoms with van der Waals surface area (Å²) in [4.78, 5) is 33.6. The van der Waals surface area contributed by atoms with Crippen molar-refractivity contribution in [3.05, 3.63) is 0 Å². The Morgan fingerprint density at radius 2 is 1.15 bits per heavy atom. The van der Waals surface area contributed by atoms with Crippen molar-refractivity contribution in [3.8, 4) is 0 Å². The summed E-state index contributed by atoms with van der Waals surface area (Å²) in [6.07, 6.45) is 21.0. The van der Waals surface area contributed by atoms with Gasteiger partial charge in [0.1, 0.15) is 0 Å². The van der Waals surface area contributed by atoms with Gasteiger partial charge < -0.3 is 30.8 Å². The number of hydrogen-bond donors (Lipinski definition) is 6. The van der Waals surface area contributed by atoms with Gasteiger partial charge in [0, 0.05) is 18.5 Å². The van der Waals surface area contributed by atoms with E-state index in [1.54, 1.807) is 13.8 Å². The van der Waals surface area contributed by atoms with Crippen LogP contribution < -0.4 is 11.1 Å². The van der Waals surface area contributed by atoms with Gasteiger partial charge in [0.2, 0.25) is 5.91 Å². The van der Waals surface area contributed by atoms with Crippen molar-refractivity contribution in [1.29, 1.82) is 0 Å². The van der Waals surface area contributed by atoms with Gasteiger partial charge >= 0.3 is 7.82 Å². The number of unbranched alkanes of at least 4 members (excludes halogenated alkanes) is 14. The molecule has 0 aliphatic rings. The van der Waals surface area contributed by atoms with E-state index < -0.39 is 13.4 Å². The van der Waals surface area contributed by atoms with Crippen LogP contribution in [0.4, 0.5) is 0 Å². The number of amides is 1. The number of nitrogens with one attached hydrogen (secondary N) is 1. The van der Waals surface area contributed by atoms with E-state index in [0.717, 1.165) is 12.8 Å². The smallest absolute Gasteiger partial charge is 0.390 e. The van der Waals surface area contributed by atoms with E-state index >= 15 is 0 Å². The normalized spacial score (nSPS) is 13.7. The lowest BCUT2D eigenvalue weighted by atomic mass is 9.95. The lowest BCUT2D eigenvalue weighted by Gasteiger charge is -2.27. The Hall–Kier alpha value is -0.500. The molecule has 0 rings (SSSR count). The maximum Gasteiger partial charge on any atom is 0.466 e. The molecule has 2 atom stereocenters. The molecule has 0 aromatic carbocycles. The lowest BCUT2D eigenvalue weighted by molar-refractivity contribution is -0.122. The summed E-state index contributed by atoms with van der Waals surface area (Å²) < 4.78 is 8.88. The van der Waals surface area contributed by atoms with Crippen molar-refractivity contribution in [3.63, 3.8) is 0 Å². The van der Waals surface area contributed by atoms with Crippen LogP contribution >= 0.6 is 7.82 Å². The van der Waals surface area contributed by atoms with Gasteiger partial charge in [-0.2, -0.15) is 0 Å². The molecule has 9 heteroatoms. The molecule has 0 saturated heterocycles. The SMILES string of the molecule is CCCCCCCCCCCCCCCCCC(=O)NC(C)C(N)CC(C)(C)O.O=P(O)(O)O. The van der Waals surface area contributed by atoms with Crippen LogP contribution in [0.1, 0.15) is 137 Å². The zero-order valence-electron chi connectivity index (χ0n) is 22.3. The quantitative estimate of drug-likeness (QED) is 0.0958. The average molecular weight is 511 g/mol. The summed E-state index contributed by atoms with van der Waals surface area (Å²) in [5, 5.41) is 12.8. The highest BCUT2D eigenvalue weighted by Gasteiger charge is 2.22. The lowest BCUT2D eigenvalue weighted by Crippen LogP contribution is -2.48. The Bertz CT molecular complexity index is 514. The molecule has 8 nitrogen and oxygen atoms in total. The molecular weight excluding hydrogens is 455 g/mol. The van der Waals surface area contributed by atoms with E-state index in [2.05, 4.69) is 12.2 Å². The standard InChI is InChI=1S/C25H52N2O2.H3O4P/c1-5-6-7-8-9-10-11-12-13-14-15-16-17-18-19-20-24(28)27-22(2)23(26)21-25(3,4)29;1-5(2,3)4/h22-23,29H,5-21,26H2,1-4H3,(H,27,28);(H3,1,2,3,4). The van der Waals surface area contributed by atoms with Crippen LogP contribution in [0.2, 0.25) is 0 Å². The molecule has 0 spiro atoms. The Morgan fingerprint density at radius 1 is 0.824 bits per heavy atom. The molecule has 0 aliphatic carbocycles. The first-order valence-electron chi connectivity index (χ1n) is 13.3. The highest BCUT2D eigenvalue weighted by molar-refractivity contribution is 7.45. The Morgan fingerprint density at radius 3 is 1.47 bits per heavy atom. The Balaban J connectivity index is 0. The fraction of sp³-hybridized carbons (Fsp3) is 0.960. The maximum absolute atomic E-state index is 12.0. The van der Waals surface area contributed by atoms with Crippen LogP contribution in [0, 0.1) is 0 Å². The van der Waals surface area contributed by atoms with Crippen molar-refractivity contribution < 1.29 is 29.1 Å².